The van der Waals surface area contributed by atoms with E-state index < -0.39 is 0 Å². The number of carbonyl (C=O) groups is 1. The third-order valence-electron chi connectivity index (χ3n) is 5.46. The van der Waals surface area contributed by atoms with Gasteiger partial charge in [-0.2, -0.15) is 5.10 Å². The summed E-state index contributed by atoms with van der Waals surface area (Å²) in [4.78, 5) is 17.4. The van der Waals surface area contributed by atoms with Gasteiger partial charge in [0.1, 0.15) is 5.82 Å². The molecule has 0 bridgehead atoms. The van der Waals surface area contributed by atoms with Crippen molar-refractivity contribution < 1.29 is 9.90 Å². The smallest absolute Gasteiger partial charge is 0.256 e. The molecule has 0 atom stereocenters. The normalized spacial score (nSPS) is 11.6. The van der Waals surface area contributed by atoms with Crippen molar-refractivity contribution in [3.63, 3.8) is 0 Å². The number of aryl methyl sites for hydroxylation is 1. The van der Waals surface area contributed by atoms with Crippen molar-refractivity contribution in [1.82, 2.24) is 14.6 Å². The minimum Gasteiger partial charge on any atom is -0.396 e. The predicted molar refractivity (Wildman–Crippen MR) is 127 cm³/mol. The number of aliphatic hydroxyl groups is 1. The van der Waals surface area contributed by atoms with Crippen LogP contribution >= 0.6 is 0 Å². The third-order valence-corrected chi connectivity index (χ3v) is 5.46. The van der Waals surface area contributed by atoms with Gasteiger partial charge in [-0.15, -0.1) is 0 Å². The molecule has 0 aliphatic heterocycles. The average Bonchev–Trinajstić information content (AvgIpc) is 3.25. The van der Waals surface area contributed by atoms with Crippen molar-refractivity contribution >= 4 is 17.4 Å². The van der Waals surface area contributed by atoms with Gasteiger partial charge in [0.25, 0.3) is 5.91 Å². The molecule has 4 aromatic rings. The number of benzene rings is 2. The molecule has 32 heavy (non-hydrogen) atoms. The number of carbonyl (C=O) groups excluding carboxylic acids is 1. The number of amides is 1. The SMILES string of the molecule is CC(C)(C)c1ccc(C(=O)Nc2cc(-c3cccc(CCCO)c3)n3nccc3n2)cc1. The maximum Gasteiger partial charge on any atom is 0.256 e. The van der Waals surface area contributed by atoms with Gasteiger partial charge in [0, 0.05) is 29.9 Å². The zero-order valence-corrected chi connectivity index (χ0v) is 18.7. The van der Waals surface area contributed by atoms with Crippen LogP contribution < -0.4 is 5.32 Å². The molecule has 2 heterocycles. The number of nitrogens with zero attached hydrogens (tertiary/aromatic N) is 3. The Morgan fingerprint density at radius 2 is 1.84 bits per heavy atom. The highest BCUT2D eigenvalue weighted by atomic mass is 16.2. The van der Waals surface area contributed by atoms with E-state index in [1.54, 1.807) is 10.7 Å². The Labute approximate surface area is 187 Å². The van der Waals surface area contributed by atoms with Gasteiger partial charge in [-0.05, 0) is 47.6 Å². The molecule has 4 rings (SSSR count). The first kappa shape index (κ1) is 21.7. The summed E-state index contributed by atoms with van der Waals surface area (Å²) in [7, 11) is 0. The fourth-order valence-corrected chi connectivity index (χ4v) is 3.66. The summed E-state index contributed by atoms with van der Waals surface area (Å²) < 4.78 is 1.76. The molecule has 6 nitrogen and oxygen atoms in total. The molecule has 0 spiro atoms. The van der Waals surface area contributed by atoms with E-state index in [-0.39, 0.29) is 17.9 Å². The third kappa shape index (κ3) is 4.70. The van der Waals surface area contributed by atoms with Gasteiger partial charge < -0.3 is 10.4 Å². The van der Waals surface area contributed by atoms with Gasteiger partial charge in [-0.1, -0.05) is 51.1 Å². The lowest BCUT2D eigenvalue weighted by molar-refractivity contribution is 0.102. The minimum atomic E-state index is -0.204. The number of rotatable bonds is 6. The number of hydrogen-bond acceptors (Lipinski definition) is 4. The van der Waals surface area contributed by atoms with Crippen molar-refractivity contribution in [3.8, 4) is 11.3 Å². The van der Waals surface area contributed by atoms with E-state index in [9.17, 15) is 4.79 Å². The van der Waals surface area contributed by atoms with E-state index in [4.69, 9.17) is 5.11 Å². The van der Waals surface area contributed by atoms with Crippen LogP contribution in [0.15, 0.2) is 66.9 Å². The molecule has 0 unspecified atom stereocenters. The molecule has 0 fully saturated rings. The highest BCUT2D eigenvalue weighted by Crippen LogP contribution is 2.25. The monoisotopic (exact) mass is 428 g/mol. The summed E-state index contributed by atoms with van der Waals surface area (Å²) in [6.45, 7) is 6.60. The zero-order valence-electron chi connectivity index (χ0n) is 18.7. The van der Waals surface area contributed by atoms with Crippen LogP contribution in [0, 0.1) is 0 Å². The number of nitrogens with one attached hydrogen (secondary N) is 1. The Balaban J connectivity index is 1.64. The molecule has 0 aliphatic carbocycles. The Hall–Kier alpha value is -3.51. The van der Waals surface area contributed by atoms with Gasteiger partial charge in [0.15, 0.2) is 5.65 Å². The molecule has 6 heteroatoms. The molecular weight excluding hydrogens is 400 g/mol. The largest absolute Gasteiger partial charge is 0.396 e. The number of aliphatic hydroxyl groups excluding tert-OH is 1. The standard InChI is InChI=1S/C26H28N4O2/c1-26(2,3)21-11-9-19(10-12-21)25(32)29-23-17-22(30-24(28-23)13-14-27-30)20-8-4-6-18(16-20)7-5-15-31/h4,6,8-14,16-17,31H,5,7,15H2,1-3H3,(H,28,29,32). The predicted octanol–water partition coefficient (Wildman–Crippen LogP) is 4.87. The van der Waals surface area contributed by atoms with Crippen molar-refractivity contribution in [2.45, 2.75) is 39.0 Å². The van der Waals surface area contributed by atoms with Crippen LogP contribution in [0.3, 0.4) is 0 Å². The van der Waals surface area contributed by atoms with Crippen LogP contribution in [0.4, 0.5) is 5.82 Å². The quantitative estimate of drug-likeness (QED) is 0.459. The Kier molecular flexibility index (Phi) is 6.06. The van der Waals surface area contributed by atoms with Gasteiger partial charge in [0.05, 0.1) is 11.9 Å². The van der Waals surface area contributed by atoms with Crippen LogP contribution in [0.1, 0.15) is 48.7 Å². The fraction of sp³-hybridized carbons (Fsp3) is 0.269. The number of fused-ring (bicyclic) bond motifs is 1. The van der Waals surface area contributed by atoms with Gasteiger partial charge in [-0.3, -0.25) is 4.79 Å². The first-order valence-electron chi connectivity index (χ1n) is 10.8. The first-order chi connectivity index (χ1) is 15.3. The lowest BCUT2D eigenvalue weighted by Gasteiger charge is -2.19. The molecule has 2 aromatic carbocycles. The van der Waals surface area contributed by atoms with Gasteiger partial charge in [-0.25, -0.2) is 9.50 Å². The van der Waals surface area contributed by atoms with E-state index in [2.05, 4.69) is 42.2 Å². The molecule has 0 saturated heterocycles. The molecule has 0 aliphatic rings. The van der Waals surface area contributed by atoms with E-state index in [0.29, 0.717) is 23.4 Å². The van der Waals surface area contributed by atoms with Crippen LogP contribution in [-0.4, -0.2) is 32.2 Å². The minimum absolute atomic E-state index is 0.0320. The maximum atomic E-state index is 12.9. The Morgan fingerprint density at radius 1 is 1.06 bits per heavy atom. The van der Waals surface area contributed by atoms with Gasteiger partial charge >= 0.3 is 0 Å². The summed E-state index contributed by atoms with van der Waals surface area (Å²) in [5.41, 5.74) is 5.40. The molecule has 0 saturated carbocycles. The number of anilines is 1. The highest BCUT2D eigenvalue weighted by molar-refractivity contribution is 6.04. The molecule has 164 valence electrons. The number of aromatic nitrogens is 3. The van der Waals surface area contributed by atoms with E-state index >= 15 is 0 Å². The topological polar surface area (TPSA) is 79.5 Å². The van der Waals surface area contributed by atoms with Gasteiger partial charge in [0.2, 0.25) is 0 Å². The fourth-order valence-electron chi connectivity index (χ4n) is 3.66. The summed E-state index contributed by atoms with van der Waals surface area (Å²) in [5, 5.41) is 16.5. The summed E-state index contributed by atoms with van der Waals surface area (Å²) in [5.74, 6) is 0.267. The Bertz CT molecular complexity index is 1240. The molecule has 1 amide bonds. The van der Waals surface area contributed by atoms with E-state index in [0.717, 1.165) is 23.2 Å². The first-order valence-corrected chi connectivity index (χ1v) is 10.8. The summed E-state index contributed by atoms with van der Waals surface area (Å²) >= 11 is 0. The second kappa shape index (κ2) is 8.93. The second-order valence-corrected chi connectivity index (χ2v) is 8.94. The van der Waals surface area contributed by atoms with Crippen LogP contribution in [0.2, 0.25) is 0 Å². The summed E-state index contributed by atoms with van der Waals surface area (Å²) in [6.07, 6.45) is 3.20. The van der Waals surface area contributed by atoms with E-state index in [1.807, 2.05) is 54.6 Å². The van der Waals surface area contributed by atoms with Crippen molar-refractivity contribution in [2.24, 2.45) is 0 Å². The van der Waals surface area contributed by atoms with Crippen molar-refractivity contribution in [3.05, 3.63) is 83.6 Å². The van der Waals surface area contributed by atoms with Crippen molar-refractivity contribution in [2.75, 3.05) is 11.9 Å². The average molecular weight is 429 g/mol. The summed E-state index contributed by atoms with van der Waals surface area (Å²) in [6, 6.07) is 19.5. The number of hydrogen-bond donors (Lipinski definition) is 2. The Morgan fingerprint density at radius 3 is 2.56 bits per heavy atom. The zero-order chi connectivity index (χ0) is 22.7. The van der Waals surface area contributed by atoms with Crippen LogP contribution in [0.5, 0.6) is 0 Å². The van der Waals surface area contributed by atoms with Crippen LogP contribution in [0.25, 0.3) is 16.9 Å². The molecular formula is C26H28N4O2. The lowest BCUT2D eigenvalue weighted by atomic mass is 9.87. The van der Waals surface area contributed by atoms with Crippen molar-refractivity contribution in [1.29, 1.82) is 0 Å². The van der Waals surface area contributed by atoms with Crippen LogP contribution in [-0.2, 0) is 11.8 Å². The molecule has 0 radical (unpaired) electrons. The highest BCUT2D eigenvalue weighted by Gasteiger charge is 2.16. The molecule has 2 N–H and O–H groups in total. The second-order valence-electron chi connectivity index (χ2n) is 8.94. The lowest BCUT2D eigenvalue weighted by Crippen LogP contribution is -2.15. The van der Waals surface area contributed by atoms with E-state index in [1.165, 1.54) is 5.56 Å². The maximum absolute atomic E-state index is 12.9. The molecule has 2 aromatic heterocycles.